The maximum absolute atomic E-state index is 13.3. The van der Waals surface area contributed by atoms with Crippen molar-refractivity contribution in [3.63, 3.8) is 0 Å². The summed E-state index contributed by atoms with van der Waals surface area (Å²) in [6, 6.07) is 0. The summed E-state index contributed by atoms with van der Waals surface area (Å²) >= 11 is 1.05. The highest BCUT2D eigenvalue weighted by Crippen LogP contribution is 2.31. The second-order valence-electron chi connectivity index (χ2n) is 3.20. The normalized spacial score (nSPS) is 10.9. The zero-order chi connectivity index (χ0) is 12.7. The Morgan fingerprint density at radius 3 is 1.76 bits per heavy atom. The van der Waals surface area contributed by atoms with Crippen LogP contribution in [0.5, 0.6) is 0 Å². The molecule has 90 valence electrons. The van der Waals surface area contributed by atoms with E-state index in [1.54, 1.807) is 6.92 Å². The van der Waals surface area contributed by atoms with E-state index in [9.17, 15) is 22.0 Å². The van der Waals surface area contributed by atoms with Crippen molar-refractivity contribution >= 4 is 11.3 Å². The van der Waals surface area contributed by atoms with E-state index in [4.69, 9.17) is 0 Å². The van der Waals surface area contributed by atoms with E-state index in [-0.39, 0.29) is 5.69 Å². The van der Waals surface area contributed by atoms with Crippen molar-refractivity contribution in [2.75, 3.05) is 0 Å². The fourth-order valence-electron chi connectivity index (χ4n) is 1.31. The molecule has 1 aromatic carbocycles. The molecule has 0 saturated carbocycles. The van der Waals surface area contributed by atoms with Gasteiger partial charge >= 0.3 is 0 Å². The third-order valence-electron chi connectivity index (χ3n) is 2.08. The minimum Gasteiger partial charge on any atom is -0.241 e. The third kappa shape index (κ3) is 1.80. The number of thiazole rings is 1. The Hall–Kier alpha value is -1.50. The first kappa shape index (κ1) is 12.0. The Morgan fingerprint density at radius 2 is 1.35 bits per heavy atom. The number of halogens is 5. The van der Waals surface area contributed by atoms with Crippen molar-refractivity contribution in [3.05, 3.63) is 39.5 Å². The van der Waals surface area contributed by atoms with Crippen molar-refractivity contribution < 1.29 is 22.0 Å². The van der Waals surface area contributed by atoms with Crippen LogP contribution in [0.2, 0.25) is 0 Å². The summed E-state index contributed by atoms with van der Waals surface area (Å²) in [7, 11) is 0. The highest BCUT2D eigenvalue weighted by atomic mass is 32.1. The average molecular weight is 265 g/mol. The molecule has 0 aliphatic carbocycles. The van der Waals surface area contributed by atoms with Gasteiger partial charge in [-0.1, -0.05) is 0 Å². The van der Waals surface area contributed by atoms with E-state index in [0.717, 1.165) is 11.3 Å². The number of aryl methyl sites for hydroxylation is 1. The Bertz CT molecular complexity index is 564. The first-order chi connectivity index (χ1) is 7.93. The van der Waals surface area contributed by atoms with Crippen LogP contribution in [0.4, 0.5) is 22.0 Å². The van der Waals surface area contributed by atoms with Crippen LogP contribution in [0, 0.1) is 36.0 Å². The molecule has 1 nitrogen and oxygen atoms in total. The number of aromatic nitrogens is 1. The van der Waals surface area contributed by atoms with Gasteiger partial charge in [-0.3, -0.25) is 0 Å². The lowest BCUT2D eigenvalue weighted by molar-refractivity contribution is 0.381. The molecule has 0 N–H and O–H groups in total. The second kappa shape index (κ2) is 4.06. The second-order valence-corrected chi connectivity index (χ2v) is 4.26. The van der Waals surface area contributed by atoms with Crippen LogP contribution in [-0.4, -0.2) is 4.98 Å². The van der Waals surface area contributed by atoms with Gasteiger partial charge in [-0.25, -0.2) is 26.9 Å². The van der Waals surface area contributed by atoms with Crippen molar-refractivity contribution in [2.24, 2.45) is 0 Å². The van der Waals surface area contributed by atoms with Crippen molar-refractivity contribution in [1.29, 1.82) is 0 Å². The van der Waals surface area contributed by atoms with Gasteiger partial charge in [0, 0.05) is 5.38 Å². The predicted octanol–water partition coefficient (Wildman–Crippen LogP) is 3.81. The summed E-state index contributed by atoms with van der Waals surface area (Å²) in [4.78, 5) is 3.70. The van der Waals surface area contributed by atoms with E-state index in [1.165, 1.54) is 5.38 Å². The summed E-state index contributed by atoms with van der Waals surface area (Å²) in [6.45, 7) is 1.56. The Kier molecular flexibility index (Phi) is 2.86. The summed E-state index contributed by atoms with van der Waals surface area (Å²) in [6.07, 6.45) is 0. The summed E-state index contributed by atoms with van der Waals surface area (Å²) in [5.74, 6) is -9.84. The van der Waals surface area contributed by atoms with Gasteiger partial charge in [0.2, 0.25) is 5.82 Å². The van der Waals surface area contributed by atoms with Crippen molar-refractivity contribution in [3.8, 4) is 11.3 Å². The van der Waals surface area contributed by atoms with Crippen LogP contribution >= 0.6 is 11.3 Å². The fourth-order valence-corrected chi connectivity index (χ4v) is 1.91. The lowest BCUT2D eigenvalue weighted by Gasteiger charge is -2.05. The molecular formula is C10H4F5NS. The fraction of sp³-hybridized carbons (Fsp3) is 0.100. The van der Waals surface area contributed by atoms with Crippen LogP contribution in [0.25, 0.3) is 11.3 Å². The molecular weight excluding hydrogens is 261 g/mol. The molecule has 0 bridgehead atoms. The van der Waals surface area contributed by atoms with E-state index in [1.807, 2.05) is 0 Å². The van der Waals surface area contributed by atoms with Crippen LogP contribution < -0.4 is 0 Å². The summed E-state index contributed by atoms with van der Waals surface area (Å²) in [5, 5.41) is 1.69. The first-order valence-electron chi connectivity index (χ1n) is 4.37. The zero-order valence-electron chi connectivity index (χ0n) is 8.32. The molecule has 2 aromatic rings. The molecule has 1 heterocycles. The van der Waals surface area contributed by atoms with Gasteiger partial charge in [0.25, 0.3) is 0 Å². The molecule has 0 radical (unpaired) electrons. The minimum atomic E-state index is -2.17. The van der Waals surface area contributed by atoms with E-state index in [2.05, 4.69) is 4.98 Å². The van der Waals surface area contributed by atoms with Crippen LogP contribution in [0.15, 0.2) is 5.38 Å². The van der Waals surface area contributed by atoms with E-state index >= 15 is 0 Å². The van der Waals surface area contributed by atoms with Gasteiger partial charge in [-0.05, 0) is 6.92 Å². The smallest absolute Gasteiger partial charge is 0.200 e. The lowest BCUT2D eigenvalue weighted by Crippen LogP contribution is -2.04. The number of hydrogen-bond donors (Lipinski definition) is 0. The van der Waals surface area contributed by atoms with Crippen molar-refractivity contribution in [1.82, 2.24) is 4.98 Å². The molecule has 2 rings (SSSR count). The van der Waals surface area contributed by atoms with Crippen molar-refractivity contribution in [2.45, 2.75) is 6.92 Å². The Balaban J connectivity index is 2.78. The first-order valence-corrected chi connectivity index (χ1v) is 5.25. The number of rotatable bonds is 1. The Morgan fingerprint density at radius 1 is 0.882 bits per heavy atom. The van der Waals surface area contributed by atoms with Gasteiger partial charge in [0.15, 0.2) is 23.3 Å². The molecule has 0 fully saturated rings. The number of nitrogens with zero attached hydrogens (tertiary/aromatic N) is 1. The van der Waals surface area contributed by atoms with Crippen LogP contribution in [0.3, 0.4) is 0 Å². The molecule has 0 saturated heterocycles. The third-order valence-corrected chi connectivity index (χ3v) is 2.86. The van der Waals surface area contributed by atoms with Gasteiger partial charge in [0.1, 0.15) is 0 Å². The average Bonchev–Trinajstić information content (AvgIpc) is 2.71. The molecule has 0 unspecified atom stereocenters. The lowest BCUT2D eigenvalue weighted by atomic mass is 10.1. The molecule has 0 aliphatic rings. The van der Waals surface area contributed by atoms with E-state index in [0.29, 0.717) is 5.01 Å². The molecule has 0 aliphatic heterocycles. The predicted molar refractivity (Wildman–Crippen MR) is 52.1 cm³/mol. The molecule has 1 aromatic heterocycles. The molecule has 0 spiro atoms. The number of benzene rings is 1. The van der Waals surface area contributed by atoms with Gasteiger partial charge in [-0.15, -0.1) is 11.3 Å². The summed E-state index contributed by atoms with van der Waals surface area (Å²) < 4.78 is 65.3. The quantitative estimate of drug-likeness (QED) is 0.434. The standard InChI is InChI=1S/C10H4F5NS/c1-3-16-4(2-17-3)5-6(11)8(13)10(15)9(14)7(5)12/h2H,1H3. The van der Waals surface area contributed by atoms with Gasteiger partial charge < -0.3 is 0 Å². The van der Waals surface area contributed by atoms with Crippen LogP contribution in [0.1, 0.15) is 5.01 Å². The highest BCUT2D eigenvalue weighted by Gasteiger charge is 2.27. The molecule has 0 amide bonds. The molecule has 0 atom stereocenters. The van der Waals surface area contributed by atoms with Crippen LogP contribution in [-0.2, 0) is 0 Å². The maximum Gasteiger partial charge on any atom is 0.200 e. The van der Waals surface area contributed by atoms with Gasteiger partial charge in [-0.2, -0.15) is 0 Å². The maximum atomic E-state index is 13.3. The topological polar surface area (TPSA) is 12.9 Å². The zero-order valence-corrected chi connectivity index (χ0v) is 9.14. The molecule has 7 heteroatoms. The minimum absolute atomic E-state index is 0.264. The molecule has 17 heavy (non-hydrogen) atoms. The highest BCUT2D eigenvalue weighted by molar-refractivity contribution is 7.09. The Labute approximate surface area is 96.5 Å². The summed E-state index contributed by atoms with van der Waals surface area (Å²) in [5.41, 5.74) is -1.26. The van der Waals surface area contributed by atoms with Gasteiger partial charge in [0.05, 0.1) is 16.3 Å². The monoisotopic (exact) mass is 265 g/mol. The largest absolute Gasteiger partial charge is 0.241 e. The van der Waals surface area contributed by atoms with E-state index < -0.39 is 34.6 Å². The SMILES string of the molecule is Cc1nc(-c2c(F)c(F)c(F)c(F)c2F)cs1. The number of hydrogen-bond acceptors (Lipinski definition) is 2.